The summed E-state index contributed by atoms with van der Waals surface area (Å²) in [6.45, 7) is 2.03. The minimum atomic E-state index is -3.66. The van der Waals surface area contributed by atoms with Gasteiger partial charge in [-0.15, -0.1) is 0 Å². The van der Waals surface area contributed by atoms with E-state index >= 15 is 0 Å². The second-order valence-corrected chi connectivity index (χ2v) is 8.08. The van der Waals surface area contributed by atoms with Gasteiger partial charge in [-0.1, -0.05) is 48.5 Å². The normalized spacial score (nSPS) is 15.0. The maximum Gasteiger partial charge on any atom is 0.263 e. The van der Waals surface area contributed by atoms with Crippen LogP contribution in [0.4, 0.5) is 0 Å². The monoisotopic (exact) mass is 372 g/mol. The first-order valence-electron chi connectivity index (χ1n) is 8.49. The lowest BCUT2D eigenvalue weighted by Crippen LogP contribution is -2.42. The van der Waals surface area contributed by atoms with Gasteiger partial charge >= 0.3 is 0 Å². The van der Waals surface area contributed by atoms with Crippen molar-refractivity contribution in [2.24, 2.45) is 0 Å². The van der Waals surface area contributed by atoms with E-state index in [9.17, 15) is 8.42 Å². The number of benzene rings is 2. The second kappa shape index (κ2) is 7.90. The number of likely N-dealkylation sites (N-methyl/N-ethyl adjacent to an activating group) is 1. The Morgan fingerprint density at radius 2 is 1.65 bits per heavy atom. The molecule has 138 valence electrons. The van der Waals surface area contributed by atoms with E-state index in [1.54, 1.807) is 30.3 Å². The Morgan fingerprint density at radius 3 is 2.27 bits per heavy atom. The molecule has 3 rings (SSSR count). The molecule has 0 unspecified atom stereocenters. The Morgan fingerprint density at radius 1 is 1.04 bits per heavy atom. The molecular formula is C19H24N4O2S. The van der Waals surface area contributed by atoms with Crippen molar-refractivity contribution in [2.75, 3.05) is 33.7 Å². The van der Waals surface area contributed by atoms with Crippen molar-refractivity contribution < 1.29 is 8.42 Å². The van der Waals surface area contributed by atoms with Gasteiger partial charge in [0.15, 0.2) is 0 Å². The molecule has 0 bridgehead atoms. The Balaban J connectivity index is 1.95. The molecule has 2 N–H and O–H groups in total. The quantitative estimate of drug-likeness (QED) is 0.775. The molecule has 0 aromatic heterocycles. The van der Waals surface area contributed by atoms with Gasteiger partial charge in [-0.2, -0.15) is 0 Å². The molecule has 2 aromatic carbocycles. The van der Waals surface area contributed by atoms with Crippen LogP contribution in [-0.2, 0) is 10.0 Å². The maximum atomic E-state index is 12.8. The summed E-state index contributed by atoms with van der Waals surface area (Å²) in [4.78, 5) is 2.31. The Kier molecular flexibility index (Phi) is 5.61. The van der Waals surface area contributed by atoms with E-state index in [0.29, 0.717) is 18.9 Å². The molecule has 7 heteroatoms. The fourth-order valence-electron chi connectivity index (χ4n) is 2.77. The lowest BCUT2D eigenvalue weighted by Gasteiger charge is -2.25. The van der Waals surface area contributed by atoms with Gasteiger partial charge < -0.3 is 4.90 Å². The van der Waals surface area contributed by atoms with Crippen molar-refractivity contribution >= 4 is 15.6 Å². The standard InChI is InChI=1S/C19H24N4O2S/c1-22(2)13-14-23-19(18(15-20-23)16-9-5-3-6-10-16)21-26(24,25)17-11-7-4-8-12-17/h3-12,20-21H,13-15H2,1-2H3. The first-order valence-corrected chi connectivity index (χ1v) is 9.98. The Bertz CT molecular complexity index is 865. The molecule has 0 saturated heterocycles. The van der Waals surface area contributed by atoms with E-state index in [1.165, 1.54) is 0 Å². The molecule has 0 fully saturated rings. The molecular weight excluding hydrogens is 348 g/mol. The molecule has 1 aliphatic heterocycles. The fraction of sp³-hybridized carbons (Fsp3) is 0.263. The van der Waals surface area contributed by atoms with Gasteiger partial charge in [-0.3, -0.25) is 9.73 Å². The van der Waals surface area contributed by atoms with Crippen LogP contribution in [0.25, 0.3) is 5.57 Å². The summed E-state index contributed by atoms with van der Waals surface area (Å²) in [7, 11) is 0.324. The van der Waals surface area contributed by atoms with Crippen LogP contribution in [-0.4, -0.2) is 52.1 Å². The summed E-state index contributed by atoms with van der Waals surface area (Å²) < 4.78 is 28.5. The topological polar surface area (TPSA) is 64.7 Å². The predicted molar refractivity (Wildman–Crippen MR) is 103 cm³/mol. The van der Waals surface area contributed by atoms with Crippen molar-refractivity contribution in [3.8, 4) is 0 Å². The lowest BCUT2D eigenvalue weighted by molar-refractivity contribution is 0.240. The van der Waals surface area contributed by atoms with E-state index < -0.39 is 10.0 Å². The van der Waals surface area contributed by atoms with Crippen LogP contribution in [0.15, 0.2) is 71.4 Å². The smallest absolute Gasteiger partial charge is 0.263 e. The van der Waals surface area contributed by atoms with Gasteiger partial charge in [0, 0.05) is 25.2 Å². The summed E-state index contributed by atoms with van der Waals surface area (Å²) in [5, 5.41) is 1.88. The molecule has 0 amide bonds. The van der Waals surface area contributed by atoms with E-state index in [2.05, 4.69) is 15.0 Å². The van der Waals surface area contributed by atoms with Crippen molar-refractivity contribution in [2.45, 2.75) is 4.90 Å². The molecule has 0 saturated carbocycles. The fourth-order valence-corrected chi connectivity index (χ4v) is 3.89. The van der Waals surface area contributed by atoms with Crippen LogP contribution in [0.2, 0.25) is 0 Å². The van der Waals surface area contributed by atoms with Crippen molar-refractivity contribution in [1.29, 1.82) is 0 Å². The highest BCUT2D eigenvalue weighted by Crippen LogP contribution is 2.24. The zero-order valence-corrected chi connectivity index (χ0v) is 15.8. The van der Waals surface area contributed by atoms with Gasteiger partial charge in [-0.25, -0.2) is 13.8 Å². The van der Waals surface area contributed by atoms with Crippen molar-refractivity contribution in [1.82, 2.24) is 20.1 Å². The van der Waals surface area contributed by atoms with Crippen LogP contribution in [0.3, 0.4) is 0 Å². The highest BCUT2D eigenvalue weighted by atomic mass is 32.2. The summed E-state index contributed by atoms with van der Waals surface area (Å²) >= 11 is 0. The number of hydrazine groups is 1. The van der Waals surface area contributed by atoms with E-state index in [0.717, 1.165) is 17.7 Å². The zero-order chi connectivity index (χ0) is 18.6. The Labute approximate surface area is 155 Å². The van der Waals surface area contributed by atoms with Crippen molar-refractivity contribution in [3.05, 3.63) is 72.0 Å². The van der Waals surface area contributed by atoms with Gasteiger partial charge in [0.2, 0.25) is 0 Å². The van der Waals surface area contributed by atoms with Gasteiger partial charge in [0.1, 0.15) is 5.82 Å². The highest BCUT2D eigenvalue weighted by molar-refractivity contribution is 7.89. The summed E-state index contributed by atoms with van der Waals surface area (Å²) in [5.41, 5.74) is 5.22. The molecule has 26 heavy (non-hydrogen) atoms. The summed E-state index contributed by atoms with van der Waals surface area (Å²) in [6.07, 6.45) is 0. The summed E-state index contributed by atoms with van der Waals surface area (Å²) in [5.74, 6) is 0.585. The first-order chi connectivity index (χ1) is 12.5. The molecule has 0 radical (unpaired) electrons. The van der Waals surface area contributed by atoms with E-state index in [4.69, 9.17) is 0 Å². The molecule has 0 atom stereocenters. The number of rotatable bonds is 7. The number of nitrogens with zero attached hydrogens (tertiary/aromatic N) is 2. The molecule has 1 aliphatic rings. The van der Waals surface area contributed by atoms with E-state index in [1.807, 2.05) is 49.4 Å². The second-order valence-electron chi connectivity index (χ2n) is 6.40. The van der Waals surface area contributed by atoms with Crippen LogP contribution >= 0.6 is 0 Å². The first kappa shape index (κ1) is 18.4. The number of hydrogen-bond acceptors (Lipinski definition) is 5. The largest absolute Gasteiger partial charge is 0.308 e. The third-order valence-electron chi connectivity index (χ3n) is 4.18. The highest BCUT2D eigenvalue weighted by Gasteiger charge is 2.27. The van der Waals surface area contributed by atoms with Crippen LogP contribution in [0.5, 0.6) is 0 Å². The Hall–Kier alpha value is -2.35. The average molecular weight is 372 g/mol. The third kappa shape index (κ3) is 4.24. The minimum absolute atomic E-state index is 0.249. The van der Waals surface area contributed by atoms with Crippen LogP contribution in [0, 0.1) is 0 Å². The van der Waals surface area contributed by atoms with Crippen LogP contribution < -0.4 is 10.1 Å². The zero-order valence-electron chi connectivity index (χ0n) is 15.0. The minimum Gasteiger partial charge on any atom is -0.308 e. The van der Waals surface area contributed by atoms with Gasteiger partial charge in [-0.05, 0) is 31.8 Å². The van der Waals surface area contributed by atoms with Gasteiger partial charge in [0.05, 0.1) is 4.90 Å². The number of hydrogen-bond donors (Lipinski definition) is 2. The van der Waals surface area contributed by atoms with E-state index in [-0.39, 0.29) is 4.90 Å². The average Bonchev–Trinajstić information content (AvgIpc) is 3.03. The van der Waals surface area contributed by atoms with Gasteiger partial charge in [0.25, 0.3) is 10.0 Å². The third-order valence-corrected chi connectivity index (χ3v) is 5.53. The number of nitrogens with one attached hydrogen (secondary N) is 2. The molecule has 6 nitrogen and oxygen atoms in total. The summed E-state index contributed by atoms with van der Waals surface area (Å²) in [6, 6.07) is 18.3. The molecule has 2 aromatic rings. The maximum absolute atomic E-state index is 12.8. The SMILES string of the molecule is CN(C)CCN1NCC(c2ccccc2)=C1NS(=O)(=O)c1ccccc1. The molecule has 0 spiro atoms. The van der Waals surface area contributed by atoms with Crippen LogP contribution in [0.1, 0.15) is 5.56 Å². The van der Waals surface area contributed by atoms with Crippen molar-refractivity contribution in [3.63, 3.8) is 0 Å². The molecule has 0 aliphatic carbocycles. The number of sulfonamides is 1. The predicted octanol–water partition coefficient (Wildman–Crippen LogP) is 1.72. The molecule has 1 heterocycles. The lowest BCUT2D eigenvalue weighted by atomic mass is 10.1.